The largest absolute Gasteiger partial charge is 0.365 e. The zero-order chi connectivity index (χ0) is 14.5. The average molecular weight is 284 g/mol. The SMILES string of the molecule is CN1CCN(c2nncc(NCc3ccccc3)n2)CC1. The molecule has 1 N–H and O–H groups in total. The molecule has 0 unspecified atom stereocenters. The predicted octanol–water partition coefficient (Wildman–Crippen LogP) is 1.24. The smallest absolute Gasteiger partial charge is 0.247 e. The first-order valence-corrected chi connectivity index (χ1v) is 7.22. The number of nitrogens with zero attached hydrogens (tertiary/aromatic N) is 5. The molecule has 1 aliphatic heterocycles. The van der Waals surface area contributed by atoms with E-state index < -0.39 is 0 Å². The number of rotatable bonds is 4. The summed E-state index contributed by atoms with van der Waals surface area (Å²) in [6.45, 7) is 4.69. The van der Waals surface area contributed by atoms with E-state index in [1.807, 2.05) is 18.2 Å². The monoisotopic (exact) mass is 284 g/mol. The van der Waals surface area contributed by atoms with E-state index in [-0.39, 0.29) is 0 Å². The van der Waals surface area contributed by atoms with E-state index in [0.717, 1.165) is 38.5 Å². The van der Waals surface area contributed by atoms with Gasteiger partial charge in [-0.15, -0.1) is 5.10 Å². The zero-order valence-corrected chi connectivity index (χ0v) is 12.2. The van der Waals surface area contributed by atoms with Crippen molar-refractivity contribution < 1.29 is 0 Å². The number of likely N-dealkylation sites (N-methyl/N-ethyl adjacent to an activating group) is 1. The Hall–Kier alpha value is -2.21. The Kier molecular flexibility index (Phi) is 4.25. The van der Waals surface area contributed by atoms with E-state index in [0.29, 0.717) is 5.95 Å². The summed E-state index contributed by atoms with van der Waals surface area (Å²) < 4.78 is 0. The molecule has 2 heterocycles. The summed E-state index contributed by atoms with van der Waals surface area (Å²) in [4.78, 5) is 9.05. The molecule has 6 nitrogen and oxygen atoms in total. The minimum atomic E-state index is 0.709. The second-order valence-corrected chi connectivity index (χ2v) is 5.27. The molecular weight excluding hydrogens is 264 g/mol. The third kappa shape index (κ3) is 3.66. The predicted molar refractivity (Wildman–Crippen MR) is 83.3 cm³/mol. The number of hydrogen-bond donors (Lipinski definition) is 1. The van der Waals surface area contributed by atoms with Crippen molar-refractivity contribution in [3.63, 3.8) is 0 Å². The van der Waals surface area contributed by atoms with Crippen molar-refractivity contribution in [3.8, 4) is 0 Å². The van der Waals surface area contributed by atoms with E-state index in [9.17, 15) is 0 Å². The van der Waals surface area contributed by atoms with Gasteiger partial charge in [-0.05, 0) is 12.6 Å². The number of hydrogen-bond acceptors (Lipinski definition) is 6. The maximum Gasteiger partial charge on any atom is 0.247 e. The lowest BCUT2D eigenvalue weighted by Crippen LogP contribution is -2.45. The van der Waals surface area contributed by atoms with Gasteiger partial charge in [-0.2, -0.15) is 10.1 Å². The summed E-state index contributed by atoms with van der Waals surface area (Å²) in [5.74, 6) is 1.48. The lowest BCUT2D eigenvalue weighted by atomic mass is 10.2. The lowest BCUT2D eigenvalue weighted by molar-refractivity contribution is 0.311. The van der Waals surface area contributed by atoms with Crippen molar-refractivity contribution in [2.24, 2.45) is 0 Å². The van der Waals surface area contributed by atoms with Gasteiger partial charge in [0, 0.05) is 32.7 Å². The van der Waals surface area contributed by atoms with Gasteiger partial charge >= 0.3 is 0 Å². The van der Waals surface area contributed by atoms with Crippen LogP contribution in [0.25, 0.3) is 0 Å². The number of benzene rings is 1. The van der Waals surface area contributed by atoms with Gasteiger partial charge in [-0.3, -0.25) is 0 Å². The topological polar surface area (TPSA) is 57.2 Å². The van der Waals surface area contributed by atoms with Crippen LogP contribution in [0.4, 0.5) is 11.8 Å². The van der Waals surface area contributed by atoms with Crippen molar-refractivity contribution in [2.45, 2.75) is 6.54 Å². The number of anilines is 2. The van der Waals surface area contributed by atoms with Crippen molar-refractivity contribution in [1.82, 2.24) is 20.1 Å². The zero-order valence-electron chi connectivity index (χ0n) is 12.2. The highest BCUT2D eigenvalue weighted by molar-refractivity contribution is 5.40. The van der Waals surface area contributed by atoms with Crippen LogP contribution in [0.5, 0.6) is 0 Å². The molecule has 0 spiro atoms. The fraction of sp³-hybridized carbons (Fsp3) is 0.400. The van der Waals surface area contributed by atoms with Crippen LogP contribution in [-0.4, -0.2) is 53.3 Å². The van der Waals surface area contributed by atoms with E-state index in [1.165, 1.54) is 5.56 Å². The lowest BCUT2D eigenvalue weighted by Gasteiger charge is -2.32. The van der Waals surface area contributed by atoms with Crippen molar-refractivity contribution >= 4 is 11.8 Å². The number of nitrogens with one attached hydrogen (secondary N) is 1. The van der Waals surface area contributed by atoms with Gasteiger partial charge in [0.15, 0.2) is 5.82 Å². The summed E-state index contributed by atoms with van der Waals surface area (Å²) in [6.07, 6.45) is 1.67. The van der Waals surface area contributed by atoms with Crippen LogP contribution in [-0.2, 0) is 6.54 Å². The first kappa shape index (κ1) is 13.8. The first-order valence-electron chi connectivity index (χ1n) is 7.22. The summed E-state index contributed by atoms with van der Waals surface area (Å²) in [7, 11) is 2.13. The van der Waals surface area contributed by atoms with Crippen LogP contribution < -0.4 is 10.2 Å². The Morgan fingerprint density at radius 3 is 2.62 bits per heavy atom. The van der Waals surface area contributed by atoms with Crippen molar-refractivity contribution in [2.75, 3.05) is 43.4 Å². The highest BCUT2D eigenvalue weighted by Gasteiger charge is 2.17. The molecule has 1 aliphatic rings. The average Bonchev–Trinajstić information content (AvgIpc) is 2.55. The van der Waals surface area contributed by atoms with Crippen molar-refractivity contribution in [3.05, 3.63) is 42.1 Å². The summed E-state index contributed by atoms with van der Waals surface area (Å²) in [6, 6.07) is 10.3. The standard InChI is InChI=1S/C15H20N6/c1-20-7-9-21(10-8-20)15-18-14(12-17-19-15)16-11-13-5-3-2-4-6-13/h2-6,12H,7-11H2,1H3,(H,16,18,19). The van der Waals surface area contributed by atoms with Crippen LogP contribution in [0.15, 0.2) is 36.5 Å². The number of piperazine rings is 1. The van der Waals surface area contributed by atoms with Crippen LogP contribution >= 0.6 is 0 Å². The molecule has 0 atom stereocenters. The van der Waals surface area contributed by atoms with Gasteiger partial charge < -0.3 is 15.1 Å². The Labute approximate surface area is 124 Å². The molecule has 21 heavy (non-hydrogen) atoms. The van der Waals surface area contributed by atoms with E-state index in [4.69, 9.17) is 0 Å². The van der Waals surface area contributed by atoms with Crippen LogP contribution in [0.3, 0.4) is 0 Å². The third-order valence-electron chi connectivity index (χ3n) is 3.65. The minimum Gasteiger partial charge on any atom is -0.365 e. The van der Waals surface area contributed by atoms with Gasteiger partial charge in [0.05, 0.1) is 6.20 Å². The second-order valence-electron chi connectivity index (χ2n) is 5.27. The highest BCUT2D eigenvalue weighted by atomic mass is 15.4. The molecule has 2 aromatic rings. The fourth-order valence-corrected chi connectivity index (χ4v) is 2.31. The summed E-state index contributed by atoms with van der Waals surface area (Å²) in [5, 5.41) is 11.5. The summed E-state index contributed by atoms with van der Waals surface area (Å²) in [5.41, 5.74) is 1.22. The fourth-order valence-electron chi connectivity index (χ4n) is 2.31. The maximum atomic E-state index is 4.56. The van der Waals surface area contributed by atoms with Crippen molar-refractivity contribution in [1.29, 1.82) is 0 Å². The Bertz CT molecular complexity index is 565. The molecule has 1 saturated heterocycles. The molecular formula is C15H20N6. The Morgan fingerprint density at radius 2 is 1.86 bits per heavy atom. The molecule has 0 amide bonds. The van der Waals surface area contributed by atoms with Gasteiger partial charge in [0.2, 0.25) is 5.95 Å². The molecule has 6 heteroatoms. The minimum absolute atomic E-state index is 0.709. The third-order valence-corrected chi connectivity index (χ3v) is 3.65. The number of aromatic nitrogens is 3. The first-order chi connectivity index (χ1) is 10.3. The molecule has 1 fully saturated rings. The van der Waals surface area contributed by atoms with Crippen LogP contribution in [0, 0.1) is 0 Å². The molecule has 1 aromatic heterocycles. The van der Waals surface area contributed by atoms with Gasteiger partial charge in [-0.1, -0.05) is 30.3 Å². The molecule has 0 aliphatic carbocycles. The van der Waals surface area contributed by atoms with Gasteiger partial charge in [0.1, 0.15) is 0 Å². The van der Waals surface area contributed by atoms with Crippen LogP contribution in [0.2, 0.25) is 0 Å². The maximum absolute atomic E-state index is 4.56. The summed E-state index contributed by atoms with van der Waals surface area (Å²) >= 11 is 0. The Morgan fingerprint density at radius 1 is 1.10 bits per heavy atom. The molecule has 3 rings (SSSR count). The van der Waals surface area contributed by atoms with E-state index in [1.54, 1.807) is 6.20 Å². The van der Waals surface area contributed by atoms with E-state index >= 15 is 0 Å². The quantitative estimate of drug-likeness (QED) is 0.911. The normalized spacial score (nSPS) is 16.0. The molecule has 110 valence electrons. The van der Waals surface area contributed by atoms with Gasteiger partial charge in [-0.25, -0.2) is 0 Å². The van der Waals surface area contributed by atoms with E-state index in [2.05, 4.69) is 49.5 Å². The Balaban J connectivity index is 1.63. The molecule has 0 radical (unpaired) electrons. The molecule has 1 aromatic carbocycles. The highest BCUT2D eigenvalue weighted by Crippen LogP contribution is 2.12. The molecule has 0 saturated carbocycles. The van der Waals surface area contributed by atoms with Gasteiger partial charge in [0.25, 0.3) is 0 Å². The van der Waals surface area contributed by atoms with Crippen LogP contribution in [0.1, 0.15) is 5.56 Å². The molecule has 0 bridgehead atoms. The second kappa shape index (κ2) is 6.49.